The zero-order valence-corrected chi connectivity index (χ0v) is 7.93. The highest BCUT2D eigenvalue weighted by molar-refractivity contribution is 5.16. The van der Waals surface area contributed by atoms with Crippen molar-refractivity contribution >= 4 is 0 Å². The number of hydrogen-bond donors (Lipinski definition) is 0. The van der Waals surface area contributed by atoms with E-state index in [4.69, 9.17) is 0 Å². The number of halogens is 1. The summed E-state index contributed by atoms with van der Waals surface area (Å²) in [6.07, 6.45) is 3.10. The lowest BCUT2D eigenvalue weighted by atomic mass is 10.2. The van der Waals surface area contributed by atoms with Crippen LogP contribution in [0.4, 0.5) is 4.39 Å². The van der Waals surface area contributed by atoms with Crippen LogP contribution in [0.5, 0.6) is 0 Å². The topological polar surface area (TPSA) is 34.9 Å². The van der Waals surface area contributed by atoms with Crippen LogP contribution in [0.25, 0.3) is 0 Å². The van der Waals surface area contributed by atoms with E-state index in [-0.39, 0.29) is 11.5 Å². The van der Waals surface area contributed by atoms with Gasteiger partial charge in [-0.15, -0.1) is 0 Å². The van der Waals surface area contributed by atoms with Gasteiger partial charge in [0.25, 0.3) is 0 Å². The van der Waals surface area contributed by atoms with Crippen LogP contribution in [0.2, 0.25) is 0 Å². The maximum absolute atomic E-state index is 12.6. The van der Waals surface area contributed by atoms with Crippen molar-refractivity contribution in [1.82, 2.24) is 9.55 Å². The van der Waals surface area contributed by atoms with Gasteiger partial charge in [0.2, 0.25) is 0 Å². The van der Waals surface area contributed by atoms with Gasteiger partial charge in [0, 0.05) is 12.4 Å². The van der Waals surface area contributed by atoms with Crippen molar-refractivity contribution in [2.24, 2.45) is 0 Å². The minimum absolute atomic E-state index is 0.280. The van der Waals surface area contributed by atoms with E-state index < -0.39 is 0 Å². The fourth-order valence-electron chi connectivity index (χ4n) is 1.29. The summed E-state index contributed by atoms with van der Waals surface area (Å²) in [6, 6.07) is 7.72. The number of benzene rings is 1. The minimum Gasteiger partial charge on any atom is -0.295 e. The average molecular weight is 204 g/mol. The van der Waals surface area contributed by atoms with Crippen LogP contribution in [-0.2, 0) is 6.54 Å². The summed E-state index contributed by atoms with van der Waals surface area (Å²) < 4.78 is 14.1. The molecular formula is C11H9FN2O. The van der Waals surface area contributed by atoms with Crippen LogP contribution in [0.3, 0.4) is 0 Å². The third-order valence-corrected chi connectivity index (χ3v) is 2.05. The fraction of sp³-hybridized carbons (Fsp3) is 0.0909. The predicted molar refractivity (Wildman–Crippen MR) is 54.0 cm³/mol. The summed E-state index contributed by atoms with van der Waals surface area (Å²) in [5, 5.41) is 0. The summed E-state index contributed by atoms with van der Waals surface area (Å²) in [5.74, 6) is -0.280. The highest BCUT2D eigenvalue weighted by Crippen LogP contribution is 2.03. The first kappa shape index (κ1) is 9.58. The van der Waals surface area contributed by atoms with Gasteiger partial charge in [-0.1, -0.05) is 12.1 Å². The number of nitrogens with zero attached hydrogens (tertiary/aromatic N) is 2. The molecule has 1 aromatic carbocycles. The Hall–Kier alpha value is -1.97. The van der Waals surface area contributed by atoms with Gasteiger partial charge in [-0.05, 0) is 23.8 Å². The third kappa shape index (κ3) is 2.28. The Morgan fingerprint density at radius 2 is 2.00 bits per heavy atom. The van der Waals surface area contributed by atoms with Crippen molar-refractivity contribution in [1.29, 1.82) is 0 Å². The third-order valence-electron chi connectivity index (χ3n) is 2.05. The van der Waals surface area contributed by atoms with Crippen LogP contribution in [-0.4, -0.2) is 9.55 Å². The Kier molecular flexibility index (Phi) is 2.58. The largest absolute Gasteiger partial charge is 0.347 e. The number of rotatable bonds is 2. The molecule has 76 valence electrons. The maximum atomic E-state index is 12.6. The smallest absolute Gasteiger partial charge is 0.295 e. The molecule has 0 amide bonds. The summed E-state index contributed by atoms with van der Waals surface area (Å²) >= 11 is 0. The molecule has 3 nitrogen and oxygen atoms in total. The Balaban J connectivity index is 2.26. The highest BCUT2D eigenvalue weighted by Gasteiger charge is 1.97. The van der Waals surface area contributed by atoms with Crippen molar-refractivity contribution in [3.8, 4) is 0 Å². The van der Waals surface area contributed by atoms with Crippen molar-refractivity contribution in [3.63, 3.8) is 0 Å². The fourth-order valence-corrected chi connectivity index (χ4v) is 1.29. The molecule has 15 heavy (non-hydrogen) atoms. The zero-order valence-electron chi connectivity index (χ0n) is 7.93. The molecule has 0 atom stereocenters. The van der Waals surface area contributed by atoms with Gasteiger partial charge in [0.1, 0.15) is 5.82 Å². The second-order valence-electron chi connectivity index (χ2n) is 3.16. The lowest BCUT2D eigenvalue weighted by molar-refractivity contribution is 0.625. The molecular weight excluding hydrogens is 195 g/mol. The molecule has 0 saturated carbocycles. The Morgan fingerprint density at radius 1 is 1.27 bits per heavy atom. The van der Waals surface area contributed by atoms with Gasteiger partial charge >= 0.3 is 5.69 Å². The van der Waals surface area contributed by atoms with Gasteiger partial charge in [0.15, 0.2) is 0 Å². The first-order valence-corrected chi connectivity index (χ1v) is 4.51. The van der Waals surface area contributed by atoms with E-state index in [1.807, 2.05) is 0 Å². The summed E-state index contributed by atoms with van der Waals surface area (Å²) in [6.45, 7) is 0.410. The lowest BCUT2D eigenvalue weighted by Crippen LogP contribution is -2.21. The van der Waals surface area contributed by atoms with Crippen molar-refractivity contribution in [2.75, 3.05) is 0 Å². The molecule has 0 bridgehead atoms. The van der Waals surface area contributed by atoms with Gasteiger partial charge in [-0.25, -0.2) is 14.2 Å². The molecule has 0 saturated heterocycles. The molecule has 0 aliphatic rings. The van der Waals surface area contributed by atoms with Gasteiger partial charge in [-0.2, -0.15) is 0 Å². The molecule has 0 aliphatic carbocycles. The molecule has 4 heteroatoms. The van der Waals surface area contributed by atoms with Crippen LogP contribution < -0.4 is 5.69 Å². The van der Waals surface area contributed by atoms with Gasteiger partial charge < -0.3 is 0 Å². The SMILES string of the molecule is O=c1ncccn1Cc1ccc(F)cc1. The molecule has 2 aromatic rings. The van der Waals surface area contributed by atoms with Crippen molar-refractivity contribution in [2.45, 2.75) is 6.54 Å². The summed E-state index contributed by atoms with van der Waals surface area (Å²) in [5.41, 5.74) is 0.563. The second-order valence-corrected chi connectivity index (χ2v) is 3.16. The Morgan fingerprint density at radius 3 is 2.67 bits per heavy atom. The molecule has 0 aliphatic heterocycles. The Bertz CT molecular complexity index is 504. The first-order chi connectivity index (χ1) is 7.25. The summed E-state index contributed by atoms with van der Waals surface area (Å²) in [4.78, 5) is 14.9. The van der Waals surface area contributed by atoms with Gasteiger partial charge in [0.05, 0.1) is 6.54 Å². The van der Waals surface area contributed by atoms with Crippen molar-refractivity contribution in [3.05, 3.63) is 64.6 Å². The van der Waals surface area contributed by atoms with Crippen LogP contribution in [0.15, 0.2) is 47.5 Å². The van der Waals surface area contributed by atoms with E-state index in [9.17, 15) is 9.18 Å². The molecule has 0 N–H and O–H groups in total. The lowest BCUT2D eigenvalue weighted by Gasteiger charge is -2.03. The molecule has 1 aromatic heterocycles. The molecule has 2 rings (SSSR count). The number of hydrogen-bond acceptors (Lipinski definition) is 2. The van der Waals surface area contributed by atoms with E-state index >= 15 is 0 Å². The van der Waals surface area contributed by atoms with Crippen LogP contribution in [0.1, 0.15) is 5.56 Å². The van der Waals surface area contributed by atoms with E-state index in [0.29, 0.717) is 6.54 Å². The van der Waals surface area contributed by atoms with E-state index in [2.05, 4.69) is 4.98 Å². The minimum atomic E-state index is -0.304. The summed E-state index contributed by atoms with van der Waals surface area (Å²) in [7, 11) is 0. The highest BCUT2D eigenvalue weighted by atomic mass is 19.1. The zero-order chi connectivity index (χ0) is 10.7. The quantitative estimate of drug-likeness (QED) is 0.741. The van der Waals surface area contributed by atoms with E-state index in [1.165, 1.54) is 22.9 Å². The molecule has 0 radical (unpaired) electrons. The second kappa shape index (κ2) is 4.04. The normalized spacial score (nSPS) is 10.2. The predicted octanol–water partition coefficient (Wildman–Crippen LogP) is 1.43. The standard InChI is InChI=1S/C11H9FN2O/c12-10-4-2-9(3-5-10)8-14-7-1-6-13-11(14)15/h1-7H,8H2. The average Bonchev–Trinajstić information content (AvgIpc) is 2.25. The van der Waals surface area contributed by atoms with Crippen LogP contribution >= 0.6 is 0 Å². The monoisotopic (exact) mass is 204 g/mol. The molecule has 1 heterocycles. The van der Waals surface area contributed by atoms with E-state index in [1.54, 1.807) is 24.4 Å². The molecule has 0 spiro atoms. The van der Waals surface area contributed by atoms with Crippen LogP contribution in [0, 0.1) is 5.82 Å². The molecule has 0 unspecified atom stereocenters. The Labute approximate surface area is 85.8 Å². The maximum Gasteiger partial charge on any atom is 0.347 e. The molecule has 0 fully saturated rings. The van der Waals surface area contributed by atoms with E-state index in [0.717, 1.165) is 5.56 Å². The van der Waals surface area contributed by atoms with Crippen molar-refractivity contribution < 1.29 is 4.39 Å². The number of aromatic nitrogens is 2. The first-order valence-electron chi connectivity index (χ1n) is 4.51. The van der Waals surface area contributed by atoms with Gasteiger partial charge in [-0.3, -0.25) is 4.57 Å².